The average molecular weight is 361 g/mol. The summed E-state index contributed by atoms with van der Waals surface area (Å²) in [5, 5.41) is 0. The minimum atomic E-state index is -0.0950. The SMILES string of the molecule is O=C1OC(CN2CCN(C(P)c3ccccc3)CC2)CN1C1CCC1. The van der Waals surface area contributed by atoms with E-state index in [1.54, 1.807) is 0 Å². The first-order valence-electron chi connectivity index (χ1n) is 9.45. The lowest BCUT2D eigenvalue weighted by Crippen LogP contribution is -2.49. The highest BCUT2D eigenvalue weighted by atomic mass is 31.0. The third-order valence-corrected chi connectivity index (χ3v) is 6.63. The minimum absolute atomic E-state index is 0.0422. The van der Waals surface area contributed by atoms with Crippen molar-refractivity contribution in [3.63, 3.8) is 0 Å². The summed E-state index contributed by atoms with van der Waals surface area (Å²) in [5.41, 5.74) is 1.35. The molecule has 2 saturated heterocycles. The van der Waals surface area contributed by atoms with E-state index in [4.69, 9.17) is 4.74 Å². The van der Waals surface area contributed by atoms with E-state index in [0.717, 1.165) is 52.1 Å². The molecule has 1 aromatic rings. The summed E-state index contributed by atoms with van der Waals surface area (Å²) >= 11 is 0. The third-order valence-electron chi connectivity index (χ3n) is 5.82. The molecule has 1 saturated carbocycles. The van der Waals surface area contributed by atoms with Gasteiger partial charge in [-0.3, -0.25) is 9.80 Å². The normalized spacial score (nSPS) is 27.2. The highest BCUT2D eigenvalue weighted by Crippen LogP contribution is 2.30. The highest BCUT2D eigenvalue weighted by molar-refractivity contribution is 7.17. The van der Waals surface area contributed by atoms with Crippen molar-refractivity contribution >= 4 is 15.3 Å². The van der Waals surface area contributed by atoms with Gasteiger partial charge in [0.15, 0.2) is 0 Å². The lowest BCUT2D eigenvalue weighted by Gasteiger charge is -2.38. The first-order valence-corrected chi connectivity index (χ1v) is 10.1. The molecule has 0 N–H and O–H groups in total. The fourth-order valence-electron chi connectivity index (χ4n) is 4.01. The molecule has 0 spiro atoms. The van der Waals surface area contributed by atoms with Crippen LogP contribution in [0.2, 0.25) is 0 Å². The second kappa shape index (κ2) is 7.61. The van der Waals surface area contributed by atoms with Crippen LogP contribution in [0, 0.1) is 0 Å². The summed E-state index contributed by atoms with van der Waals surface area (Å²) in [4.78, 5) is 18.9. The average Bonchev–Trinajstić information content (AvgIpc) is 2.94. The van der Waals surface area contributed by atoms with Crippen molar-refractivity contribution in [2.75, 3.05) is 39.3 Å². The summed E-state index contributed by atoms with van der Waals surface area (Å²) < 4.78 is 5.60. The van der Waals surface area contributed by atoms with Crippen molar-refractivity contribution in [2.24, 2.45) is 0 Å². The number of nitrogens with zero attached hydrogens (tertiary/aromatic N) is 3. The predicted octanol–water partition coefficient (Wildman–Crippen LogP) is 2.55. The van der Waals surface area contributed by atoms with Crippen LogP contribution < -0.4 is 0 Å². The minimum Gasteiger partial charge on any atom is -0.443 e. The van der Waals surface area contributed by atoms with E-state index in [1.165, 1.54) is 12.0 Å². The molecule has 2 aliphatic heterocycles. The molecule has 25 heavy (non-hydrogen) atoms. The maximum absolute atomic E-state index is 12.0. The van der Waals surface area contributed by atoms with E-state index in [2.05, 4.69) is 49.4 Å². The smallest absolute Gasteiger partial charge is 0.410 e. The lowest BCUT2D eigenvalue weighted by molar-refractivity contribution is 0.0728. The molecule has 0 aromatic heterocycles. The van der Waals surface area contributed by atoms with Gasteiger partial charge in [0, 0.05) is 44.5 Å². The Morgan fingerprint density at radius 1 is 1.12 bits per heavy atom. The van der Waals surface area contributed by atoms with E-state index < -0.39 is 0 Å². The van der Waals surface area contributed by atoms with E-state index in [9.17, 15) is 4.79 Å². The number of hydrogen-bond donors (Lipinski definition) is 0. The second-order valence-electron chi connectivity index (χ2n) is 7.43. The van der Waals surface area contributed by atoms with Crippen molar-refractivity contribution in [3.05, 3.63) is 35.9 Å². The molecule has 4 rings (SSSR count). The number of carbonyl (C=O) groups is 1. The summed E-state index contributed by atoms with van der Waals surface area (Å²) in [7, 11) is 2.98. The first kappa shape index (κ1) is 17.3. The molecular weight excluding hydrogens is 333 g/mol. The Morgan fingerprint density at radius 3 is 2.48 bits per heavy atom. The monoisotopic (exact) mass is 361 g/mol. The van der Waals surface area contributed by atoms with Gasteiger partial charge in [-0.25, -0.2) is 4.79 Å². The van der Waals surface area contributed by atoms with Gasteiger partial charge in [-0.05, 0) is 24.8 Å². The van der Waals surface area contributed by atoms with Crippen LogP contribution in [0.5, 0.6) is 0 Å². The van der Waals surface area contributed by atoms with Crippen molar-refractivity contribution in [3.8, 4) is 0 Å². The van der Waals surface area contributed by atoms with Crippen LogP contribution in [-0.2, 0) is 4.74 Å². The Kier molecular flexibility index (Phi) is 5.25. The Morgan fingerprint density at radius 2 is 1.84 bits per heavy atom. The molecule has 3 atom stereocenters. The third kappa shape index (κ3) is 3.84. The molecule has 3 unspecified atom stereocenters. The van der Waals surface area contributed by atoms with E-state index in [-0.39, 0.29) is 12.2 Å². The summed E-state index contributed by atoms with van der Waals surface area (Å²) in [6.07, 6.45) is 3.49. The van der Waals surface area contributed by atoms with Gasteiger partial charge in [-0.2, -0.15) is 0 Å². The van der Waals surface area contributed by atoms with Gasteiger partial charge in [0.25, 0.3) is 0 Å². The van der Waals surface area contributed by atoms with Gasteiger partial charge in [0.05, 0.1) is 6.54 Å². The Hall–Kier alpha value is -1.16. The van der Waals surface area contributed by atoms with Crippen LogP contribution in [-0.4, -0.2) is 72.2 Å². The fraction of sp³-hybridized carbons (Fsp3) is 0.632. The molecule has 136 valence electrons. The summed E-state index contributed by atoms with van der Waals surface area (Å²) in [6.45, 7) is 5.83. The van der Waals surface area contributed by atoms with Gasteiger partial charge in [0.1, 0.15) is 6.10 Å². The molecule has 1 amide bonds. The van der Waals surface area contributed by atoms with E-state index in [1.807, 2.05) is 4.90 Å². The molecule has 5 nitrogen and oxygen atoms in total. The number of carbonyl (C=O) groups excluding carboxylic acids is 1. The molecule has 3 aliphatic rings. The van der Waals surface area contributed by atoms with Crippen LogP contribution in [0.3, 0.4) is 0 Å². The highest BCUT2D eigenvalue weighted by Gasteiger charge is 2.39. The number of ether oxygens (including phenoxy) is 1. The van der Waals surface area contributed by atoms with E-state index in [0.29, 0.717) is 11.8 Å². The largest absolute Gasteiger partial charge is 0.443 e. The number of hydrogen-bond acceptors (Lipinski definition) is 4. The van der Waals surface area contributed by atoms with Crippen molar-refractivity contribution in [1.82, 2.24) is 14.7 Å². The number of amides is 1. The Labute approximate surface area is 152 Å². The Balaban J connectivity index is 1.25. The maximum Gasteiger partial charge on any atom is 0.410 e. The van der Waals surface area contributed by atoms with Gasteiger partial charge < -0.3 is 9.64 Å². The molecule has 2 heterocycles. The van der Waals surface area contributed by atoms with Gasteiger partial charge in [0.2, 0.25) is 0 Å². The molecular formula is C19H28N3O2P. The Bertz CT molecular complexity index is 588. The number of benzene rings is 1. The molecule has 1 aliphatic carbocycles. The van der Waals surface area contributed by atoms with Gasteiger partial charge in [-0.15, -0.1) is 9.24 Å². The number of rotatable bonds is 5. The number of cyclic esters (lactones) is 1. The number of piperazine rings is 1. The zero-order valence-electron chi connectivity index (χ0n) is 14.7. The second-order valence-corrected chi connectivity index (χ2v) is 8.07. The molecule has 6 heteroatoms. The van der Waals surface area contributed by atoms with E-state index >= 15 is 0 Å². The van der Waals surface area contributed by atoms with Gasteiger partial charge >= 0.3 is 6.09 Å². The molecule has 1 aromatic carbocycles. The topological polar surface area (TPSA) is 36.0 Å². The van der Waals surface area contributed by atoms with Crippen LogP contribution in [0.15, 0.2) is 30.3 Å². The van der Waals surface area contributed by atoms with Crippen molar-refractivity contribution in [1.29, 1.82) is 0 Å². The van der Waals surface area contributed by atoms with Crippen LogP contribution in [0.1, 0.15) is 30.6 Å². The molecule has 3 fully saturated rings. The standard InChI is InChI=1S/C19H28N3O2P/c23-19-22(16-7-4-8-16)14-17(24-19)13-20-9-11-21(12-10-20)18(25)15-5-2-1-3-6-15/h1-3,5-6,16-18H,4,7-14,25H2. The quantitative estimate of drug-likeness (QED) is 0.756. The lowest BCUT2D eigenvalue weighted by atomic mass is 9.92. The fourth-order valence-corrected chi connectivity index (χ4v) is 4.53. The van der Waals surface area contributed by atoms with Crippen LogP contribution >= 0.6 is 9.24 Å². The summed E-state index contributed by atoms with van der Waals surface area (Å²) in [5.74, 6) is 0.377. The van der Waals surface area contributed by atoms with Crippen LogP contribution in [0.4, 0.5) is 4.79 Å². The maximum atomic E-state index is 12.0. The van der Waals surface area contributed by atoms with Crippen molar-refractivity contribution < 1.29 is 9.53 Å². The zero-order chi connectivity index (χ0) is 17.2. The summed E-state index contributed by atoms with van der Waals surface area (Å²) in [6, 6.07) is 11.1. The first-order chi connectivity index (χ1) is 12.2. The molecule has 0 bridgehead atoms. The van der Waals surface area contributed by atoms with Crippen molar-refractivity contribution in [2.45, 2.75) is 37.2 Å². The molecule has 0 radical (unpaired) electrons. The van der Waals surface area contributed by atoms with Gasteiger partial charge in [-0.1, -0.05) is 30.3 Å². The predicted molar refractivity (Wildman–Crippen MR) is 102 cm³/mol. The zero-order valence-corrected chi connectivity index (χ0v) is 15.9. The van der Waals surface area contributed by atoms with Crippen LogP contribution in [0.25, 0.3) is 0 Å².